The van der Waals surface area contributed by atoms with Gasteiger partial charge in [0.1, 0.15) is 6.10 Å². The van der Waals surface area contributed by atoms with Gasteiger partial charge in [-0.05, 0) is 25.7 Å². The lowest BCUT2D eigenvalue weighted by Gasteiger charge is -2.28. The van der Waals surface area contributed by atoms with Gasteiger partial charge in [0, 0.05) is 6.04 Å². The predicted octanol–water partition coefficient (Wildman–Crippen LogP) is 2.95. The van der Waals surface area contributed by atoms with Crippen molar-refractivity contribution < 1.29 is 9.53 Å². The van der Waals surface area contributed by atoms with E-state index in [1.165, 1.54) is 0 Å². The smallest absolute Gasteiger partial charge is 0.407 e. The molecule has 0 spiro atoms. The molecule has 3 heteroatoms. The Morgan fingerprint density at radius 2 is 1.86 bits per heavy atom. The number of carbonyl (C=O) groups excluding carboxylic acids is 1. The molecule has 0 aliphatic heterocycles. The second kappa shape index (κ2) is 5.23. The number of hydrogen-bond acceptors (Lipinski definition) is 2. The van der Waals surface area contributed by atoms with Gasteiger partial charge in [-0.2, -0.15) is 0 Å². The van der Waals surface area contributed by atoms with Crippen molar-refractivity contribution in [3.05, 3.63) is 0 Å². The lowest BCUT2D eigenvalue weighted by molar-refractivity contribution is 0.0962. The average molecular weight is 201 g/mol. The van der Waals surface area contributed by atoms with Gasteiger partial charge in [-0.1, -0.05) is 27.7 Å². The third-order valence-electron chi connectivity index (χ3n) is 2.52. The van der Waals surface area contributed by atoms with Gasteiger partial charge in [0.2, 0.25) is 0 Å². The van der Waals surface area contributed by atoms with Crippen LogP contribution in [-0.4, -0.2) is 18.2 Å². The normalized spacial score (nSPS) is 15.9. The predicted molar refractivity (Wildman–Crippen MR) is 58.3 cm³/mol. The highest BCUT2D eigenvalue weighted by atomic mass is 16.6. The molecule has 0 aliphatic carbocycles. The quantitative estimate of drug-likeness (QED) is 0.762. The Bertz CT molecular complexity index is 184. The Labute approximate surface area is 87.2 Å². The molecule has 3 nitrogen and oxygen atoms in total. The maximum absolute atomic E-state index is 11.3. The van der Waals surface area contributed by atoms with Gasteiger partial charge in [-0.15, -0.1) is 0 Å². The van der Waals surface area contributed by atoms with Gasteiger partial charge in [0.05, 0.1) is 0 Å². The summed E-state index contributed by atoms with van der Waals surface area (Å²) in [7, 11) is 0. The van der Waals surface area contributed by atoms with E-state index in [9.17, 15) is 4.79 Å². The summed E-state index contributed by atoms with van der Waals surface area (Å²) in [4.78, 5) is 11.3. The minimum atomic E-state index is -0.318. The van der Waals surface area contributed by atoms with E-state index in [1.807, 2.05) is 20.8 Å². The fourth-order valence-electron chi connectivity index (χ4n) is 0.693. The van der Waals surface area contributed by atoms with Gasteiger partial charge in [-0.25, -0.2) is 4.79 Å². The third-order valence-corrected chi connectivity index (χ3v) is 2.52. The largest absolute Gasteiger partial charge is 0.447 e. The molecule has 2 atom stereocenters. The van der Waals surface area contributed by atoms with E-state index in [2.05, 4.69) is 26.1 Å². The molecule has 1 N–H and O–H groups in total. The van der Waals surface area contributed by atoms with Crippen LogP contribution in [0.4, 0.5) is 4.79 Å². The van der Waals surface area contributed by atoms with Crippen LogP contribution in [0.2, 0.25) is 0 Å². The zero-order valence-electron chi connectivity index (χ0n) is 10.2. The molecule has 0 saturated heterocycles. The number of alkyl carbamates (subject to hydrolysis) is 1. The van der Waals surface area contributed by atoms with Crippen LogP contribution in [0.15, 0.2) is 0 Å². The van der Waals surface area contributed by atoms with E-state index in [-0.39, 0.29) is 23.7 Å². The van der Waals surface area contributed by atoms with Crippen molar-refractivity contribution in [1.82, 2.24) is 5.32 Å². The number of ether oxygens (including phenoxy) is 1. The fraction of sp³-hybridized carbons (Fsp3) is 0.909. The Kier molecular flexibility index (Phi) is 4.95. The lowest BCUT2D eigenvalue weighted by Crippen LogP contribution is -2.42. The van der Waals surface area contributed by atoms with Crippen molar-refractivity contribution in [3.63, 3.8) is 0 Å². The van der Waals surface area contributed by atoms with Crippen molar-refractivity contribution in [2.24, 2.45) is 5.41 Å². The molecule has 0 aliphatic rings. The van der Waals surface area contributed by atoms with E-state index in [1.54, 1.807) is 0 Å². The number of carbonyl (C=O) groups is 1. The Morgan fingerprint density at radius 3 is 2.21 bits per heavy atom. The second-order valence-electron chi connectivity index (χ2n) is 4.86. The average Bonchev–Trinajstić information content (AvgIpc) is 2.02. The Hall–Kier alpha value is -0.730. The van der Waals surface area contributed by atoms with Crippen LogP contribution in [0.5, 0.6) is 0 Å². The van der Waals surface area contributed by atoms with Crippen LogP contribution < -0.4 is 5.32 Å². The number of rotatable bonds is 3. The Balaban J connectivity index is 3.95. The Morgan fingerprint density at radius 1 is 1.36 bits per heavy atom. The van der Waals surface area contributed by atoms with Crippen LogP contribution in [-0.2, 0) is 4.74 Å². The molecule has 0 aromatic carbocycles. The number of amides is 1. The molecule has 0 rings (SSSR count). The first-order valence-electron chi connectivity index (χ1n) is 5.24. The molecule has 0 bridgehead atoms. The van der Waals surface area contributed by atoms with Crippen molar-refractivity contribution in [3.8, 4) is 0 Å². The van der Waals surface area contributed by atoms with E-state index in [0.29, 0.717) is 0 Å². The minimum Gasteiger partial charge on any atom is -0.447 e. The molecule has 1 amide bonds. The summed E-state index contributed by atoms with van der Waals surface area (Å²) in [6, 6.07) is 0.110. The summed E-state index contributed by atoms with van der Waals surface area (Å²) in [5.74, 6) is 0. The van der Waals surface area contributed by atoms with Gasteiger partial charge < -0.3 is 10.1 Å². The van der Waals surface area contributed by atoms with Crippen molar-refractivity contribution in [2.75, 3.05) is 0 Å². The molecular weight excluding hydrogens is 178 g/mol. The maximum atomic E-state index is 11.3. The molecule has 0 saturated carbocycles. The van der Waals surface area contributed by atoms with Gasteiger partial charge >= 0.3 is 6.09 Å². The first-order chi connectivity index (χ1) is 6.27. The molecule has 0 fully saturated rings. The summed E-state index contributed by atoms with van der Waals surface area (Å²) in [5, 5.41) is 2.82. The molecule has 0 heterocycles. The standard InChI is InChI=1S/C11H23NO2/c1-7-8(2)14-10(13)12-9(3)11(4,5)6/h8-9H,7H2,1-6H3,(H,12,13). The molecule has 84 valence electrons. The number of nitrogens with one attached hydrogen (secondary N) is 1. The first-order valence-corrected chi connectivity index (χ1v) is 5.24. The lowest BCUT2D eigenvalue weighted by atomic mass is 9.88. The van der Waals surface area contributed by atoms with Crippen LogP contribution in [0, 0.1) is 5.41 Å². The third kappa shape index (κ3) is 5.10. The van der Waals surface area contributed by atoms with E-state index < -0.39 is 0 Å². The molecule has 2 unspecified atom stereocenters. The maximum Gasteiger partial charge on any atom is 0.407 e. The second-order valence-corrected chi connectivity index (χ2v) is 4.86. The summed E-state index contributed by atoms with van der Waals surface area (Å²) in [6.07, 6.45) is 0.515. The van der Waals surface area contributed by atoms with Crippen molar-refractivity contribution in [2.45, 2.75) is 60.1 Å². The first kappa shape index (κ1) is 13.3. The molecule has 14 heavy (non-hydrogen) atoms. The van der Waals surface area contributed by atoms with Crippen LogP contribution >= 0.6 is 0 Å². The van der Waals surface area contributed by atoms with E-state index in [0.717, 1.165) is 6.42 Å². The fourth-order valence-corrected chi connectivity index (χ4v) is 0.693. The summed E-state index contributed by atoms with van der Waals surface area (Å²) >= 11 is 0. The van der Waals surface area contributed by atoms with E-state index in [4.69, 9.17) is 4.74 Å². The van der Waals surface area contributed by atoms with Crippen molar-refractivity contribution >= 4 is 6.09 Å². The highest BCUT2D eigenvalue weighted by Gasteiger charge is 2.22. The zero-order valence-corrected chi connectivity index (χ0v) is 10.2. The number of hydrogen-bond donors (Lipinski definition) is 1. The molecular formula is C11H23NO2. The van der Waals surface area contributed by atoms with Crippen LogP contribution in [0.3, 0.4) is 0 Å². The minimum absolute atomic E-state index is 0.0119. The SMILES string of the molecule is CCC(C)OC(=O)NC(C)C(C)(C)C. The van der Waals surface area contributed by atoms with E-state index >= 15 is 0 Å². The van der Waals surface area contributed by atoms with Gasteiger partial charge in [0.15, 0.2) is 0 Å². The highest BCUT2D eigenvalue weighted by molar-refractivity contribution is 5.67. The zero-order chi connectivity index (χ0) is 11.4. The molecule has 0 aromatic heterocycles. The monoisotopic (exact) mass is 201 g/mol. The topological polar surface area (TPSA) is 38.3 Å². The summed E-state index contributed by atoms with van der Waals surface area (Å²) in [6.45, 7) is 12.1. The van der Waals surface area contributed by atoms with Crippen LogP contribution in [0.25, 0.3) is 0 Å². The van der Waals surface area contributed by atoms with Crippen molar-refractivity contribution in [1.29, 1.82) is 0 Å². The summed E-state index contributed by atoms with van der Waals surface area (Å²) in [5.41, 5.74) is 0.0640. The molecule has 0 radical (unpaired) electrons. The highest BCUT2D eigenvalue weighted by Crippen LogP contribution is 2.18. The molecule has 0 aromatic rings. The van der Waals surface area contributed by atoms with Crippen LogP contribution in [0.1, 0.15) is 48.0 Å². The van der Waals surface area contributed by atoms with Gasteiger partial charge in [0.25, 0.3) is 0 Å². The summed E-state index contributed by atoms with van der Waals surface area (Å²) < 4.78 is 5.12. The van der Waals surface area contributed by atoms with Gasteiger partial charge in [-0.3, -0.25) is 0 Å².